The highest BCUT2D eigenvalue weighted by Crippen LogP contribution is 2.25. The monoisotopic (exact) mass is 531 g/mol. The first kappa shape index (κ1) is 30.5. The van der Waals surface area contributed by atoms with Gasteiger partial charge < -0.3 is 25.4 Å². The molecular formula is C28H41N3O5S. The molecule has 9 heteroatoms. The lowest BCUT2D eigenvalue weighted by atomic mass is 9.94. The Morgan fingerprint density at radius 1 is 1.19 bits per heavy atom. The van der Waals surface area contributed by atoms with Crippen molar-refractivity contribution in [1.82, 2.24) is 15.5 Å². The average molecular weight is 532 g/mol. The molecule has 0 aliphatic heterocycles. The summed E-state index contributed by atoms with van der Waals surface area (Å²) >= 11 is 1.54. The number of alkyl carbamates (subject to hydrolysis) is 1. The third-order valence-electron chi connectivity index (χ3n) is 6.13. The summed E-state index contributed by atoms with van der Waals surface area (Å²) < 4.78 is 5.38. The molecule has 8 nitrogen and oxygen atoms in total. The van der Waals surface area contributed by atoms with E-state index in [4.69, 9.17) is 11.2 Å². The molecule has 0 spiro atoms. The lowest BCUT2D eigenvalue weighted by molar-refractivity contribution is -0.143. The van der Waals surface area contributed by atoms with Crippen LogP contribution in [-0.2, 0) is 14.3 Å². The first-order chi connectivity index (χ1) is 17.6. The molecule has 1 fully saturated rings. The number of aliphatic hydroxyl groups excluding tert-OH is 1. The van der Waals surface area contributed by atoms with E-state index in [1.807, 2.05) is 6.26 Å². The van der Waals surface area contributed by atoms with E-state index in [1.165, 1.54) is 4.90 Å². The zero-order chi connectivity index (χ0) is 27.4. The number of carbonyl (C=O) groups is 3. The lowest BCUT2D eigenvalue weighted by Gasteiger charge is -2.35. The summed E-state index contributed by atoms with van der Waals surface area (Å²) in [5.41, 5.74) is 0.498. The molecule has 0 radical (unpaired) electrons. The fourth-order valence-corrected chi connectivity index (χ4v) is 4.85. The normalized spacial score (nSPS) is 15.7. The maximum atomic E-state index is 13.9. The minimum atomic E-state index is -0.995. The van der Waals surface area contributed by atoms with Gasteiger partial charge in [0.1, 0.15) is 17.7 Å². The molecule has 37 heavy (non-hydrogen) atoms. The molecule has 1 aromatic rings. The predicted molar refractivity (Wildman–Crippen MR) is 147 cm³/mol. The number of amides is 3. The molecule has 3 N–H and O–H groups in total. The SMILES string of the molecule is C#Cc1ccc(C(C(=O)NC2CCCCC2)N(CCO)C(=O)C(CCSC)NC(=O)OC(C)(C)C)cc1. The molecule has 3 amide bonds. The van der Waals surface area contributed by atoms with Crippen molar-refractivity contribution in [3.8, 4) is 12.3 Å². The standard InChI is InChI=1S/C28H41N3O5S/c1-6-20-12-14-21(15-13-20)24(25(33)29-22-10-8-7-9-11-22)31(17-18-32)26(34)23(16-19-37-5)30-27(35)36-28(2,3)4/h1,12-15,22-24,32H,7-11,16-19H2,2-5H3,(H,29,33)(H,30,35). The molecule has 0 saturated heterocycles. The number of nitrogens with zero attached hydrogens (tertiary/aromatic N) is 1. The Balaban J connectivity index is 2.41. The second kappa shape index (κ2) is 14.9. The molecule has 1 aliphatic carbocycles. The zero-order valence-corrected chi connectivity index (χ0v) is 23.2. The van der Waals surface area contributed by atoms with Crippen molar-refractivity contribution in [2.24, 2.45) is 0 Å². The van der Waals surface area contributed by atoms with Gasteiger partial charge in [0.25, 0.3) is 0 Å². The Kier molecular flexibility index (Phi) is 12.3. The number of nitrogens with one attached hydrogen (secondary N) is 2. The van der Waals surface area contributed by atoms with Gasteiger partial charge in [-0.05, 0) is 69.7 Å². The van der Waals surface area contributed by atoms with Gasteiger partial charge in [0.05, 0.1) is 6.61 Å². The van der Waals surface area contributed by atoms with E-state index < -0.39 is 29.7 Å². The van der Waals surface area contributed by atoms with Crippen LogP contribution in [0.1, 0.15) is 76.5 Å². The van der Waals surface area contributed by atoms with Crippen LogP contribution in [0.25, 0.3) is 0 Å². The fraction of sp³-hybridized carbons (Fsp3) is 0.607. The Labute approximate surface area is 225 Å². The first-order valence-electron chi connectivity index (χ1n) is 12.9. The average Bonchev–Trinajstić information content (AvgIpc) is 2.85. The summed E-state index contributed by atoms with van der Waals surface area (Å²) in [6.45, 7) is 4.81. The van der Waals surface area contributed by atoms with Crippen molar-refractivity contribution >= 4 is 29.7 Å². The van der Waals surface area contributed by atoms with E-state index in [9.17, 15) is 19.5 Å². The van der Waals surface area contributed by atoms with Crippen molar-refractivity contribution in [3.63, 3.8) is 0 Å². The van der Waals surface area contributed by atoms with Gasteiger partial charge >= 0.3 is 6.09 Å². The molecule has 1 aromatic carbocycles. The van der Waals surface area contributed by atoms with Crippen LogP contribution in [-0.4, -0.2) is 70.8 Å². The zero-order valence-electron chi connectivity index (χ0n) is 22.4. The van der Waals surface area contributed by atoms with Gasteiger partial charge in [0.15, 0.2) is 0 Å². The highest BCUT2D eigenvalue weighted by atomic mass is 32.2. The second-order valence-corrected chi connectivity index (χ2v) is 11.2. The Bertz CT molecular complexity index is 933. The molecule has 0 heterocycles. The number of aliphatic hydroxyl groups is 1. The lowest BCUT2D eigenvalue weighted by Crippen LogP contribution is -2.54. The molecule has 0 bridgehead atoms. The maximum absolute atomic E-state index is 13.9. The van der Waals surface area contributed by atoms with Crippen molar-refractivity contribution < 1.29 is 24.2 Å². The van der Waals surface area contributed by atoms with E-state index in [2.05, 4.69) is 16.6 Å². The number of hydrogen-bond donors (Lipinski definition) is 3. The molecule has 1 aliphatic rings. The van der Waals surface area contributed by atoms with E-state index in [0.717, 1.165) is 32.1 Å². The van der Waals surface area contributed by atoms with Crippen molar-refractivity contribution in [1.29, 1.82) is 0 Å². The van der Waals surface area contributed by atoms with Crippen molar-refractivity contribution in [2.45, 2.75) is 83.0 Å². The fourth-order valence-electron chi connectivity index (χ4n) is 4.38. The Morgan fingerprint density at radius 3 is 2.38 bits per heavy atom. The number of hydrogen-bond acceptors (Lipinski definition) is 6. The van der Waals surface area contributed by atoms with Crippen LogP contribution in [0.2, 0.25) is 0 Å². The maximum Gasteiger partial charge on any atom is 0.408 e. The summed E-state index contributed by atoms with van der Waals surface area (Å²) in [7, 11) is 0. The second-order valence-electron chi connectivity index (χ2n) is 10.2. The topological polar surface area (TPSA) is 108 Å². The van der Waals surface area contributed by atoms with E-state index in [1.54, 1.807) is 56.8 Å². The van der Waals surface area contributed by atoms with Crippen molar-refractivity contribution in [2.75, 3.05) is 25.2 Å². The largest absolute Gasteiger partial charge is 0.444 e. The molecular weight excluding hydrogens is 490 g/mol. The van der Waals surface area contributed by atoms with Gasteiger partial charge in [-0.1, -0.05) is 37.3 Å². The van der Waals surface area contributed by atoms with Gasteiger partial charge in [-0.25, -0.2) is 4.79 Å². The highest BCUT2D eigenvalue weighted by molar-refractivity contribution is 7.98. The summed E-state index contributed by atoms with van der Waals surface area (Å²) in [5, 5.41) is 15.7. The van der Waals surface area contributed by atoms with Crippen LogP contribution in [0, 0.1) is 12.3 Å². The van der Waals surface area contributed by atoms with Crippen LogP contribution in [0.4, 0.5) is 4.79 Å². The highest BCUT2D eigenvalue weighted by Gasteiger charge is 2.36. The van der Waals surface area contributed by atoms with Crippen LogP contribution in [0.5, 0.6) is 0 Å². The summed E-state index contributed by atoms with van der Waals surface area (Å²) in [4.78, 5) is 41.5. The molecule has 1 saturated carbocycles. The van der Waals surface area contributed by atoms with Crippen LogP contribution in [0.3, 0.4) is 0 Å². The molecule has 0 aromatic heterocycles. The Hall–Kier alpha value is -2.70. The van der Waals surface area contributed by atoms with Gasteiger partial charge in [0, 0.05) is 18.2 Å². The number of ether oxygens (including phenoxy) is 1. The minimum absolute atomic E-state index is 0.0342. The number of thioether (sulfide) groups is 1. The summed E-state index contributed by atoms with van der Waals surface area (Å²) in [6.07, 6.45) is 12.1. The third-order valence-corrected chi connectivity index (χ3v) is 6.77. The van der Waals surface area contributed by atoms with Gasteiger partial charge in [-0.2, -0.15) is 11.8 Å². The van der Waals surface area contributed by atoms with Crippen LogP contribution < -0.4 is 10.6 Å². The predicted octanol–water partition coefficient (Wildman–Crippen LogP) is 3.63. The number of terminal acetylenes is 1. The van der Waals surface area contributed by atoms with Crippen LogP contribution in [0.15, 0.2) is 24.3 Å². The van der Waals surface area contributed by atoms with Crippen molar-refractivity contribution in [3.05, 3.63) is 35.4 Å². The number of benzene rings is 1. The van der Waals surface area contributed by atoms with Gasteiger partial charge in [-0.15, -0.1) is 6.42 Å². The number of carbonyl (C=O) groups excluding carboxylic acids is 3. The van der Waals surface area contributed by atoms with Crippen LogP contribution >= 0.6 is 11.8 Å². The first-order valence-corrected chi connectivity index (χ1v) is 14.3. The molecule has 204 valence electrons. The summed E-state index contributed by atoms with van der Waals surface area (Å²) in [5.74, 6) is 2.39. The Morgan fingerprint density at radius 2 is 1.84 bits per heavy atom. The quantitative estimate of drug-likeness (QED) is 0.377. The smallest absolute Gasteiger partial charge is 0.408 e. The molecule has 2 rings (SSSR count). The molecule has 2 unspecified atom stereocenters. The van der Waals surface area contributed by atoms with Gasteiger partial charge in [0.2, 0.25) is 11.8 Å². The van der Waals surface area contributed by atoms with E-state index >= 15 is 0 Å². The third kappa shape index (κ3) is 9.94. The minimum Gasteiger partial charge on any atom is -0.444 e. The van der Waals surface area contributed by atoms with E-state index in [-0.39, 0.29) is 25.1 Å². The van der Waals surface area contributed by atoms with E-state index in [0.29, 0.717) is 23.3 Å². The molecule has 2 atom stereocenters. The number of rotatable bonds is 11. The van der Waals surface area contributed by atoms with Gasteiger partial charge in [-0.3, -0.25) is 9.59 Å². The summed E-state index contributed by atoms with van der Waals surface area (Å²) in [6, 6.07) is 5.03.